The highest BCUT2D eigenvalue weighted by molar-refractivity contribution is 7.12. The van der Waals surface area contributed by atoms with Gasteiger partial charge in [-0.15, -0.1) is 11.3 Å². The summed E-state index contributed by atoms with van der Waals surface area (Å²) in [5.74, 6) is 0.142. The number of rotatable bonds is 4. The first kappa shape index (κ1) is 12.0. The van der Waals surface area contributed by atoms with Gasteiger partial charge in [0.15, 0.2) is 10.8 Å². The van der Waals surface area contributed by atoms with Gasteiger partial charge in [-0.05, 0) is 31.0 Å². The zero-order valence-corrected chi connectivity index (χ0v) is 10.7. The molecule has 1 aliphatic carbocycles. The van der Waals surface area contributed by atoms with E-state index in [4.69, 9.17) is 0 Å². The molecule has 0 spiro atoms. The Labute approximate surface area is 112 Å². The van der Waals surface area contributed by atoms with Gasteiger partial charge in [-0.3, -0.25) is 9.89 Å². The highest BCUT2D eigenvalue weighted by Gasteiger charge is 2.26. The molecule has 1 fully saturated rings. The van der Waals surface area contributed by atoms with Gasteiger partial charge in [-0.2, -0.15) is 14.6 Å². The van der Waals surface area contributed by atoms with E-state index in [1.807, 2.05) is 0 Å². The van der Waals surface area contributed by atoms with E-state index in [0.717, 1.165) is 29.9 Å². The number of nitrogens with zero attached hydrogens (tertiary/aromatic N) is 2. The summed E-state index contributed by atoms with van der Waals surface area (Å²) >= 11 is 0.962. The number of hydrogen-bond donors (Lipinski definition) is 2. The van der Waals surface area contributed by atoms with E-state index in [2.05, 4.69) is 20.7 Å². The van der Waals surface area contributed by atoms with Crippen LogP contribution in [0.25, 0.3) is 0 Å². The van der Waals surface area contributed by atoms with Crippen LogP contribution in [0.5, 0.6) is 0 Å². The third-order valence-corrected chi connectivity index (χ3v) is 3.61. The lowest BCUT2D eigenvalue weighted by Crippen LogP contribution is -2.17. The average molecular weight is 278 g/mol. The number of hydrazone groups is 1. The monoisotopic (exact) mass is 278 g/mol. The molecular weight excluding hydrogens is 267 g/mol. The van der Waals surface area contributed by atoms with Crippen LogP contribution in [0.4, 0.5) is 4.39 Å². The maximum Gasteiger partial charge on any atom is 0.291 e. The lowest BCUT2D eigenvalue weighted by atomic mass is 10.2. The van der Waals surface area contributed by atoms with Crippen LogP contribution in [0.3, 0.4) is 0 Å². The number of H-pyrrole nitrogens is 1. The fraction of sp³-hybridized carbons (Fsp3) is 0.250. The van der Waals surface area contributed by atoms with Crippen LogP contribution in [-0.4, -0.2) is 22.3 Å². The lowest BCUT2D eigenvalue weighted by Gasteiger charge is -1.93. The van der Waals surface area contributed by atoms with E-state index in [9.17, 15) is 9.18 Å². The molecule has 1 aliphatic rings. The Morgan fingerprint density at radius 2 is 2.42 bits per heavy atom. The van der Waals surface area contributed by atoms with Crippen molar-refractivity contribution < 1.29 is 9.18 Å². The number of carbonyl (C=O) groups is 1. The number of aromatic amines is 1. The van der Waals surface area contributed by atoms with Crippen molar-refractivity contribution in [3.8, 4) is 0 Å². The van der Waals surface area contributed by atoms with Crippen molar-refractivity contribution >= 4 is 23.5 Å². The zero-order valence-electron chi connectivity index (χ0n) is 9.89. The van der Waals surface area contributed by atoms with Crippen molar-refractivity contribution in [3.05, 3.63) is 39.6 Å². The Bertz CT molecular complexity index is 629. The quantitative estimate of drug-likeness (QED) is 0.665. The zero-order chi connectivity index (χ0) is 13.2. The average Bonchev–Trinajstić information content (AvgIpc) is 2.97. The maximum atomic E-state index is 12.7. The van der Waals surface area contributed by atoms with Crippen LogP contribution in [0.2, 0.25) is 0 Å². The van der Waals surface area contributed by atoms with E-state index in [1.165, 1.54) is 12.3 Å². The molecule has 5 nitrogen and oxygen atoms in total. The van der Waals surface area contributed by atoms with E-state index in [-0.39, 0.29) is 11.0 Å². The second kappa shape index (κ2) is 4.93. The third kappa shape index (κ3) is 2.87. The van der Waals surface area contributed by atoms with Crippen molar-refractivity contribution in [1.29, 1.82) is 0 Å². The SMILES string of the molecule is O=C(N/N=C\c1ccc(F)s1)c1cc(C2CC2)[nH]n1. The first-order valence-corrected chi connectivity index (χ1v) is 6.68. The molecule has 98 valence electrons. The van der Waals surface area contributed by atoms with E-state index in [1.54, 1.807) is 12.1 Å². The fourth-order valence-electron chi connectivity index (χ4n) is 1.67. The minimum atomic E-state index is -0.378. The third-order valence-electron chi connectivity index (χ3n) is 2.80. The summed E-state index contributed by atoms with van der Waals surface area (Å²) in [5.41, 5.74) is 3.67. The molecule has 2 heterocycles. The second-order valence-electron chi connectivity index (χ2n) is 4.32. The number of hydrogen-bond acceptors (Lipinski definition) is 4. The van der Waals surface area contributed by atoms with E-state index >= 15 is 0 Å². The van der Waals surface area contributed by atoms with Crippen LogP contribution in [-0.2, 0) is 0 Å². The second-order valence-corrected chi connectivity index (χ2v) is 5.39. The van der Waals surface area contributed by atoms with Crippen LogP contribution in [0.15, 0.2) is 23.3 Å². The summed E-state index contributed by atoms with van der Waals surface area (Å²) in [7, 11) is 0. The number of amides is 1. The Kier molecular flexibility index (Phi) is 3.12. The number of carbonyl (C=O) groups excluding carboxylic acids is 1. The Morgan fingerprint density at radius 3 is 3.11 bits per heavy atom. The summed E-state index contributed by atoms with van der Waals surface area (Å²) in [4.78, 5) is 12.4. The Hall–Kier alpha value is -2.02. The minimum absolute atomic E-state index is 0.283. The summed E-state index contributed by atoms with van der Waals surface area (Å²) < 4.78 is 12.7. The van der Waals surface area contributed by atoms with Gasteiger partial charge >= 0.3 is 0 Å². The molecule has 1 amide bonds. The van der Waals surface area contributed by atoms with Crippen molar-refractivity contribution in [1.82, 2.24) is 15.6 Å². The molecule has 0 radical (unpaired) electrons. The lowest BCUT2D eigenvalue weighted by molar-refractivity contribution is 0.0950. The summed E-state index contributed by atoms with van der Waals surface area (Å²) in [5, 5.41) is 10.3. The van der Waals surface area contributed by atoms with Gasteiger partial charge in [0.25, 0.3) is 5.91 Å². The van der Waals surface area contributed by atoms with Crippen molar-refractivity contribution in [2.75, 3.05) is 0 Å². The number of halogens is 1. The highest BCUT2D eigenvalue weighted by Crippen LogP contribution is 2.38. The molecule has 2 aromatic heterocycles. The van der Waals surface area contributed by atoms with Crippen molar-refractivity contribution in [3.63, 3.8) is 0 Å². The van der Waals surface area contributed by atoms with Gasteiger partial charge in [0, 0.05) is 11.6 Å². The van der Waals surface area contributed by atoms with Crippen LogP contribution < -0.4 is 5.43 Å². The number of thiophene rings is 1. The van der Waals surface area contributed by atoms with Crippen LogP contribution in [0, 0.1) is 5.13 Å². The molecule has 7 heteroatoms. The molecule has 19 heavy (non-hydrogen) atoms. The first-order valence-electron chi connectivity index (χ1n) is 5.86. The topological polar surface area (TPSA) is 70.1 Å². The molecule has 0 saturated heterocycles. The maximum absolute atomic E-state index is 12.7. The highest BCUT2D eigenvalue weighted by atomic mass is 32.1. The molecule has 1 saturated carbocycles. The summed E-state index contributed by atoms with van der Waals surface area (Å²) in [6.07, 6.45) is 3.69. The van der Waals surface area contributed by atoms with E-state index < -0.39 is 0 Å². The van der Waals surface area contributed by atoms with Crippen molar-refractivity contribution in [2.45, 2.75) is 18.8 Å². The first-order chi connectivity index (χ1) is 9.22. The van der Waals surface area contributed by atoms with Gasteiger partial charge in [-0.1, -0.05) is 0 Å². The number of aromatic nitrogens is 2. The van der Waals surface area contributed by atoms with Gasteiger partial charge in [0.2, 0.25) is 0 Å². The molecule has 0 aliphatic heterocycles. The molecule has 2 aromatic rings. The molecule has 0 atom stereocenters. The molecule has 0 unspecified atom stereocenters. The minimum Gasteiger partial charge on any atom is -0.281 e. The van der Waals surface area contributed by atoms with Crippen molar-refractivity contribution in [2.24, 2.45) is 5.10 Å². The van der Waals surface area contributed by atoms with Crippen LogP contribution >= 0.6 is 11.3 Å². The smallest absolute Gasteiger partial charge is 0.281 e. The number of nitrogens with one attached hydrogen (secondary N) is 2. The van der Waals surface area contributed by atoms with Gasteiger partial charge in [0.05, 0.1) is 11.1 Å². The molecule has 2 N–H and O–H groups in total. The fourth-order valence-corrected chi connectivity index (χ4v) is 2.27. The normalized spacial score (nSPS) is 15.0. The molecule has 0 aromatic carbocycles. The Morgan fingerprint density at radius 1 is 1.58 bits per heavy atom. The largest absolute Gasteiger partial charge is 0.291 e. The molecular formula is C12H11FN4OS. The summed E-state index contributed by atoms with van der Waals surface area (Å²) in [6, 6.07) is 4.69. The van der Waals surface area contributed by atoms with Gasteiger partial charge in [0.1, 0.15) is 0 Å². The Balaban J connectivity index is 1.59. The predicted molar refractivity (Wildman–Crippen MR) is 69.9 cm³/mol. The van der Waals surface area contributed by atoms with Crippen LogP contribution in [0.1, 0.15) is 39.8 Å². The standard InChI is InChI=1S/C12H11FN4OS/c13-11-4-3-8(19-11)6-14-17-12(18)10-5-9(15-16-10)7-1-2-7/h3-7H,1-2H2,(H,15,16)(H,17,18)/b14-6-. The predicted octanol–water partition coefficient (Wildman–Crippen LogP) is 2.25. The van der Waals surface area contributed by atoms with Gasteiger partial charge < -0.3 is 0 Å². The summed E-state index contributed by atoms with van der Waals surface area (Å²) in [6.45, 7) is 0. The van der Waals surface area contributed by atoms with E-state index in [0.29, 0.717) is 16.5 Å². The molecule has 0 bridgehead atoms. The molecule has 3 rings (SSSR count). The van der Waals surface area contributed by atoms with Gasteiger partial charge in [-0.25, -0.2) is 5.43 Å².